The molecule has 0 unspecified atom stereocenters. The second kappa shape index (κ2) is 5.00. The van der Waals surface area contributed by atoms with E-state index < -0.39 is 22.5 Å². The molecule has 20 heavy (non-hydrogen) atoms. The SMILES string of the molecule is O=S1CCN(c2nc3cc(C(F)(F)F)ccc3s2)CC1. The Balaban J connectivity index is 1.92. The zero-order valence-corrected chi connectivity index (χ0v) is 11.9. The van der Waals surface area contributed by atoms with Crippen LogP contribution in [0.1, 0.15) is 5.56 Å². The molecule has 0 N–H and O–H groups in total. The number of hydrogen-bond acceptors (Lipinski definition) is 4. The van der Waals surface area contributed by atoms with Gasteiger partial charge in [0.05, 0.1) is 15.8 Å². The van der Waals surface area contributed by atoms with E-state index in [9.17, 15) is 17.4 Å². The van der Waals surface area contributed by atoms with Gasteiger partial charge in [-0.1, -0.05) is 11.3 Å². The van der Waals surface area contributed by atoms with Crippen molar-refractivity contribution in [2.45, 2.75) is 6.18 Å². The zero-order chi connectivity index (χ0) is 14.3. The summed E-state index contributed by atoms with van der Waals surface area (Å²) in [6.07, 6.45) is -4.35. The van der Waals surface area contributed by atoms with Gasteiger partial charge in [-0.2, -0.15) is 13.2 Å². The minimum atomic E-state index is -4.35. The summed E-state index contributed by atoms with van der Waals surface area (Å²) in [6, 6.07) is 3.62. The van der Waals surface area contributed by atoms with Crippen LogP contribution in [0.25, 0.3) is 10.2 Å². The lowest BCUT2D eigenvalue weighted by Gasteiger charge is -2.25. The Hall–Kier alpha value is -1.15. The predicted octanol–water partition coefficient (Wildman–Crippen LogP) is 2.88. The molecule has 108 valence electrons. The lowest BCUT2D eigenvalue weighted by molar-refractivity contribution is -0.137. The molecule has 1 fully saturated rings. The predicted molar refractivity (Wildman–Crippen MR) is 74.7 cm³/mol. The Labute approximate surface area is 119 Å². The van der Waals surface area contributed by atoms with Crippen LogP contribution in [0, 0.1) is 0 Å². The fourth-order valence-corrected chi connectivity index (χ4v) is 4.11. The van der Waals surface area contributed by atoms with E-state index in [0.29, 0.717) is 35.2 Å². The molecule has 0 aliphatic carbocycles. The van der Waals surface area contributed by atoms with Gasteiger partial charge in [-0.25, -0.2) is 4.98 Å². The molecule has 0 spiro atoms. The van der Waals surface area contributed by atoms with E-state index in [1.807, 2.05) is 4.90 Å². The maximum atomic E-state index is 12.7. The van der Waals surface area contributed by atoms with Gasteiger partial charge in [-0.3, -0.25) is 4.21 Å². The molecule has 0 saturated carbocycles. The number of halogens is 3. The minimum Gasteiger partial charge on any atom is -0.346 e. The minimum absolute atomic E-state index is 0.367. The highest BCUT2D eigenvalue weighted by Gasteiger charge is 2.31. The van der Waals surface area contributed by atoms with E-state index in [4.69, 9.17) is 0 Å². The third-order valence-corrected chi connectivity index (χ3v) is 5.52. The van der Waals surface area contributed by atoms with Crippen molar-refractivity contribution in [2.75, 3.05) is 29.5 Å². The first kappa shape index (κ1) is 13.8. The van der Waals surface area contributed by atoms with Crippen LogP contribution >= 0.6 is 11.3 Å². The van der Waals surface area contributed by atoms with Crippen molar-refractivity contribution in [1.82, 2.24) is 4.98 Å². The van der Waals surface area contributed by atoms with Gasteiger partial charge in [0.15, 0.2) is 5.13 Å². The Bertz CT molecular complexity index is 658. The molecule has 0 radical (unpaired) electrons. The number of hydrogen-bond donors (Lipinski definition) is 0. The van der Waals surface area contributed by atoms with Crippen molar-refractivity contribution in [2.24, 2.45) is 0 Å². The first-order chi connectivity index (χ1) is 9.43. The average molecular weight is 320 g/mol. The molecule has 0 amide bonds. The molecule has 1 aliphatic heterocycles. The van der Waals surface area contributed by atoms with Gasteiger partial charge in [-0.05, 0) is 18.2 Å². The van der Waals surface area contributed by atoms with Crippen LogP contribution in [0.2, 0.25) is 0 Å². The monoisotopic (exact) mass is 320 g/mol. The summed E-state index contributed by atoms with van der Waals surface area (Å²) < 4.78 is 50.0. The van der Waals surface area contributed by atoms with Crippen molar-refractivity contribution in [1.29, 1.82) is 0 Å². The second-order valence-corrected chi connectivity index (χ2v) is 7.22. The van der Waals surface area contributed by atoms with Crippen LogP contribution in [0.3, 0.4) is 0 Å². The largest absolute Gasteiger partial charge is 0.416 e. The fraction of sp³-hybridized carbons (Fsp3) is 0.417. The van der Waals surface area contributed by atoms with Crippen molar-refractivity contribution in [3.63, 3.8) is 0 Å². The van der Waals surface area contributed by atoms with Gasteiger partial charge in [0, 0.05) is 35.4 Å². The molecule has 1 aromatic carbocycles. The number of aromatic nitrogens is 1. The number of fused-ring (bicyclic) bond motifs is 1. The number of alkyl halides is 3. The maximum absolute atomic E-state index is 12.7. The van der Waals surface area contributed by atoms with Crippen LogP contribution in [-0.2, 0) is 17.0 Å². The molecular formula is C12H11F3N2OS2. The topological polar surface area (TPSA) is 33.2 Å². The van der Waals surface area contributed by atoms with Crippen LogP contribution in [0.15, 0.2) is 18.2 Å². The molecule has 1 saturated heterocycles. The van der Waals surface area contributed by atoms with Crippen molar-refractivity contribution in [3.8, 4) is 0 Å². The van der Waals surface area contributed by atoms with Gasteiger partial charge < -0.3 is 4.90 Å². The molecule has 2 heterocycles. The summed E-state index contributed by atoms with van der Waals surface area (Å²) in [5.74, 6) is 1.17. The molecule has 8 heteroatoms. The average Bonchev–Trinajstić information content (AvgIpc) is 2.81. The van der Waals surface area contributed by atoms with Gasteiger partial charge >= 0.3 is 6.18 Å². The summed E-state index contributed by atoms with van der Waals surface area (Å²) in [7, 11) is -0.781. The highest BCUT2D eigenvalue weighted by Crippen LogP contribution is 2.35. The first-order valence-corrected chi connectivity index (χ1v) is 8.32. The Morgan fingerprint density at radius 1 is 1.25 bits per heavy atom. The Kier molecular flexibility index (Phi) is 3.45. The van der Waals surface area contributed by atoms with Crippen LogP contribution in [-0.4, -0.2) is 33.8 Å². The highest BCUT2D eigenvalue weighted by molar-refractivity contribution is 7.85. The third-order valence-electron chi connectivity index (χ3n) is 3.15. The molecule has 0 atom stereocenters. The lowest BCUT2D eigenvalue weighted by atomic mass is 10.2. The summed E-state index contributed by atoms with van der Waals surface area (Å²) >= 11 is 1.37. The van der Waals surface area contributed by atoms with Crippen LogP contribution < -0.4 is 4.90 Å². The smallest absolute Gasteiger partial charge is 0.346 e. The van der Waals surface area contributed by atoms with Crippen molar-refractivity contribution < 1.29 is 17.4 Å². The van der Waals surface area contributed by atoms with E-state index in [1.54, 1.807) is 0 Å². The first-order valence-electron chi connectivity index (χ1n) is 6.01. The van der Waals surface area contributed by atoms with E-state index in [1.165, 1.54) is 17.4 Å². The summed E-state index contributed by atoms with van der Waals surface area (Å²) in [4.78, 5) is 6.27. The lowest BCUT2D eigenvalue weighted by Crippen LogP contribution is -2.37. The molecule has 1 aromatic heterocycles. The molecular weight excluding hydrogens is 309 g/mol. The Morgan fingerprint density at radius 2 is 1.95 bits per heavy atom. The molecule has 3 nitrogen and oxygen atoms in total. The van der Waals surface area contributed by atoms with Crippen LogP contribution in [0.5, 0.6) is 0 Å². The quantitative estimate of drug-likeness (QED) is 0.810. The number of rotatable bonds is 1. The number of anilines is 1. The third kappa shape index (κ3) is 2.67. The maximum Gasteiger partial charge on any atom is 0.416 e. The van der Waals surface area contributed by atoms with E-state index in [2.05, 4.69) is 4.98 Å². The van der Waals surface area contributed by atoms with Gasteiger partial charge in [0.25, 0.3) is 0 Å². The second-order valence-electron chi connectivity index (χ2n) is 4.51. The van der Waals surface area contributed by atoms with E-state index in [0.717, 1.165) is 16.8 Å². The fourth-order valence-electron chi connectivity index (χ4n) is 2.06. The van der Waals surface area contributed by atoms with E-state index >= 15 is 0 Å². The highest BCUT2D eigenvalue weighted by atomic mass is 32.2. The zero-order valence-electron chi connectivity index (χ0n) is 10.3. The van der Waals surface area contributed by atoms with E-state index in [-0.39, 0.29) is 0 Å². The summed E-state index contributed by atoms with van der Waals surface area (Å²) in [6.45, 7) is 1.27. The number of benzene rings is 1. The molecule has 2 aromatic rings. The van der Waals surface area contributed by atoms with Gasteiger partial charge in [0.2, 0.25) is 0 Å². The molecule has 1 aliphatic rings. The van der Waals surface area contributed by atoms with Gasteiger partial charge in [-0.15, -0.1) is 0 Å². The summed E-state index contributed by atoms with van der Waals surface area (Å²) in [5, 5.41) is 0.705. The molecule has 3 rings (SSSR count). The Morgan fingerprint density at radius 3 is 2.60 bits per heavy atom. The van der Waals surface area contributed by atoms with Crippen LogP contribution in [0.4, 0.5) is 18.3 Å². The molecule has 0 bridgehead atoms. The van der Waals surface area contributed by atoms with Crippen molar-refractivity contribution in [3.05, 3.63) is 23.8 Å². The van der Waals surface area contributed by atoms with Gasteiger partial charge in [0.1, 0.15) is 0 Å². The number of nitrogens with zero attached hydrogens (tertiary/aromatic N) is 2. The standard InChI is InChI=1S/C12H11F3N2OS2/c13-12(14,15)8-1-2-10-9(7-8)16-11(19-10)17-3-5-20(18)6-4-17/h1-2,7H,3-6H2. The normalized spacial score (nSPS) is 17.9. The summed E-state index contributed by atoms with van der Waals surface area (Å²) in [5.41, 5.74) is -0.312. The van der Waals surface area contributed by atoms with Crippen molar-refractivity contribution >= 4 is 37.5 Å². The number of thiazole rings is 1.